The molecule has 3 rings (SSSR count). The predicted octanol–water partition coefficient (Wildman–Crippen LogP) is 2.36. The summed E-state index contributed by atoms with van der Waals surface area (Å²) in [6.07, 6.45) is 3.17. The second kappa shape index (κ2) is 4.22. The largest absolute Gasteiger partial charge is 0.487 e. The van der Waals surface area contributed by atoms with Crippen LogP contribution in [0.15, 0.2) is 18.2 Å². The zero-order valence-corrected chi connectivity index (χ0v) is 12.1. The smallest absolute Gasteiger partial charge is 0.127 e. The lowest BCUT2D eigenvalue weighted by atomic mass is 10.0. The quantitative estimate of drug-likeness (QED) is 0.903. The van der Waals surface area contributed by atoms with Gasteiger partial charge in [-0.05, 0) is 39.3 Å². The summed E-state index contributed by atoms with van der Waals surface area (Å²) in [5, 5.41) is 9.51. The van der Waals surface area contributed by atoms with Gasteiger partial charge in [-0.2, -0.15) is 0 Å². The van der Waals surface area contributed by atoms with Crippen molar-refractivity contribution in [1.29, 1.82) is 0 Å². The molecule has 0 atom stereocenters. The maximum absolute atomic E-state index is 9.51. The molecule has 104 valence electrons. The van der Waals surface area contributed by atoms with Crippen LogP contribution in [0.4, 0.5) is 0 Å². The highest BCUT2D eigenvalue weighted by Crippen LogP contribution is 2.43. The average Bonchev–Trinajstić information content (AvgIpc) is 3.07. The Morgan fingerprint density at radius 1 is 1.32 bits per heavy atom. The van der Waals surface area contributed by atoms with Gasteiger partial charge < -0.3 is 9.84 Å². The molecule has 1 heterocycles. The summed E-state index contributed by atoms with van der Waals surface area (Å²) in [5.41, 5.74) is 2.48. The molecule has 0 radical (unpaired) electrons. The van der Waals surface area contributed by atoms with E-state index < -0.39 is 0 Å². The monoisotopic (exact) mass is 261 g/mol. The number of para-hydroxylation sites is 1. The van der Waals surface area contributed by atoms with Crippen LogP contribution in [0.3, 0.4) is 0 Å². The van der Waals surface area contributed by atoms with Gasteiger partial charge in [0.1, 0.15) is 11.4 Å². The number of aliphatic hydroxyl groups is 1. The standard InChI is InChI=1S/C16H23NO2/c1-15(2)9-12-5-4-6-13(14(12)19-15)10-17(3)16(11-18)7-8-16/h4-6,18H,7-11H2,1-3H3. The molecule has 1 N–H and O–H groups in total. The fraction of sp³-hybridized carbons (Fsp3) is 0.625. The number of ether oxygens (including phenoxy) is 1. The van der Waals surface area contributed by atoms with Gasteiger partial charge in [-0.1, -0.05) is 18.2 Å². The van der Waals surface area contributed by atoms with Crippen LogP contribution >= 0.6 is 0 Å². The van der Waals surface area contributed by atoms with Crippen LogP contribution in [0, 0.1) is 0 Å². The van der Waals surface area contributed by atoms with Gasteiger partial charge in [0.25, 0.3) is 0 Å². The Balaban J connectivity index is 1.82. The second-order valence-corrected chi connectivity index (χ2v) is 6.68. The van der Waals surface area contributed by atoms with Crippen molar-refractivity contribution >= 4 is 0 Å². The van der Waals surface area contributed by atoms with E-state index in [2.05, 4.69) is 44.0 Å². The third kappa shape index (κ3) is 2.26. The number of nitrogens with zero attached hydrogens (tertiary/aromatic N) is 1. The lowest BCUT2D eigenvalue weighted by molar-refractivity contribution is 0.116. The van der Waals surface area contributed by atoms with Crippen LogP contribution in [0.1, 0.15) is 37.8 Å². The van der Waals surface area contributed by atoms with Crippen LogP contribution in [0.5, 0.6) is 5.75 Å². The van der Waals surface area contributed by atoms with Crippen molar-refractivity contribution in [2.75, 3.05) is 13.7 Å². The fourth-order valence-corrected chi connectivity index (χ4v) is 3.03. The van der Waals surface area contributed by atoms with Crippen LogP contribution in [0.2, 0.25) is 0 Å². The van der Waals surface area contributed by atoms with Gasteiger partial charge in [0.15, 0.2) is 0 Å². The molecular weight excluding hydrogens is 238 g/mol. The Kier molecular flexibility index (Phi) is 2.88. The average molecular weight is 261 g/mol. The molecule has 0 aromatic heterocycles. The number of rotatable bonds is 4. The molecule has 0 spiro atoms. The molecule has 3 heteroatoms. The normalized spacial score (nSPS) is 22.2. The summed E-state index contributed by atoms with van der Waals surface area (Å²) in [4.78, 5) is 2.28. The molecule has 1 aromatic rings. The van der Waals surface area contributed by atoms with Crippen molar-refractivity contribution < 1.29 is 9.84 Å². The Labute approximate surface area is 115 Å². The first-order chi connectivity index (χ1) is 8.96. The fourth-order valence-electron chi connectivity index (χ4n) is 3.03. The minimum Gasteiger partial charge on any atom is -0.487 e. The van der Waals surface area contributed by atoms with Crippen molar-refractivity contribution in [1.82, 2.24) is 4.90 Å². The Hall–Kier alpha value is -1.06. The molecule has 0 unspecified atom stereocenters. The van der Waals surface area contributed by atoms with Crippen molar-refractivity contribution in [3.05, 3.63) is 29.3 Å². The van der Waals surface area contributed by atoms with Crippen LogP contribution in [-0.2, 0) is 13.0 Å². The first kappa shape index (κ1) is 12.9. The number of likely N-dealkylation sites (N-methyl/N-ethyl adjacent to an activating group) is 1. The number of aliphatic hydroxyl groups excluding tert-OH is 1. The van der Waals surface area contributed by atoms with Crippen molar-refractivity contribution in [3.63, 3.8) is 0 Å². The van der Waals surface area contributed by atoms with Crippen LogP contribution in [0.25, 0.3) is 0 Å². The van der Waals surface area contributed by atoms with E-state index in [1.165, 1.54) is 11.1 Å². The van der Waals surface area contributed by atoms with Gasteiger partial charge in [0, 0.05) is 24.1 Å². The molecule has 2 aliphatic rings. The van der Waals surface area contributed by atoms with Gasteiger partial charge in [-0.15, -0.1) is 0 Å². The molecule has 0 saturated heterocycles. The number of hydrogen-bond donors (Lipinski definition) is 1. The van der Waals surface area contributed by atoms with Gasteiger partial charge in [0.2, 0.25) is 0 Å². The van der Waals surface area contributed by atoms with Crippen LogP contribution < -0.4 is 4.74 Å². The van der Waals surface area contributed by atoms with E-state index in [1.54, 1.807) is 0 Å². The maximum atomic E-state index is 9.51. The third-order valence-electron chi connectivity index (χ3n) is 4.51. The van der Waals surface area contributed by atoms with Gasteiger partial charge in [-0.3, -0.25) is 4.90 Å². The molecule has 0 bridgehead atoms. The second-order valence-electron chi connectivity index (χ2n) is 6.68. The number of fused-ring (bicyclic) bond motifs is 1. The Morgan fingerprint density at radius 2 is 2.05 bits per heavy atom. The zero-order chi connectivity index (χ0) is 13.7. The molecular formula is C16H23NO2. The molecule has 1 aromatic carbocycles. The van der Waals surface area contributed by atoms with E-state index in [9.17, 15) is 5.11 Å². The molecule has 1 saturated carbocycles. The first-order valence-corrected chi connectivity index (χ1v) is 7.08. The van der Waals surface area contributed by atoms with E-state index in [0.717, 1.165) is 31.6 Å². The molecule has 0 amide bonds. The van der Waals surface area contributed by atoms with Crippen molar-refractivity contribution in [3.8, 4) is 5.75 Å². The SMILES string of the molecule is CN(Cc1cccc2c1OC(C)(C)C2)C1(CO)CC1. The molecule has 1 aliphatic heterocycles. The Bertz CT molecular complexity index is 492. The van der Waals surface area contributed by atoms with Gasteiger partial charge in [0.05, 0.1) is 6.61 Å². The third-order valence-corrected chi connectivity index (χ3v) is 4.51. The van der Waals surface area contributed by atoms with E-state index >= 15 is 0 Å². The first-order valence-electron chi connectivity index (χ1n) is 7.08. The van der Waals surface area contributed by atoms with Gasteiger partial charge >= 0.3 is 0 Å². The minimum atomic E-state index is -0.0920. The van der Waals surface area contributed by atoms with E-state index in [4.69, 9.17) is 4.74 Å². The topological polar surface area (TPSA) is 32.7 Å². The number of benzene rings is 1. The lowest BCUT2D eigenvalue weighted by Crippen LogP contribution is -2.36. The van der Waals surface area contributed by atoms with Crippen molar-refractivity contribution in [2.24, 2.45) is 0 Å². The predicted molar refractivity (Wildman–Crippen MR) is 75.4 cm³/mol. The molecule has 3 nitrogen and oxygen atoms in total. The summed E-state index contributed by atoms with van der Waals surface area (Å²) in [6.45, 7) is 5.37. The van der Waals surface area contributed by atoms with Crippen molar-refractivity contribution in [2.45, 2.75) is 50.8 Å². The maximum Gasteiger partial charge on any atom is 0.127 e. The summed E-state index contributed by atoms with van der Waals surface area (Å²) in [6, 6.07) is 6.42. The summed E-state index contributed by atoms with van der Waals surface area (Å²) >= 11 is 0. The highest BCUT2D eigenvalue weighted by atomic mass is 16.5. The van der Waals surface area contributed by atoms with Gasteiger partial charge in [-0.25, -0.2) is 0 Å². The molecule has 1 fully saturated rings. The Morgan fingerprint density at radius 3 is 2.68 bits per heavy atom. The number of hydrogen-bond acceptors (Lipinski definition) is 3. The van der Waals surface area contributed by atoms with E-state index in [-0.39, 0.29) is 17.7 Å². The summed E-state index contributed by atoms with van der Waals surface area (Å²) in [7, 11) is 2.10. The van der Waals surface area contributed by atoms with Crippen LogP contribution in [-0.4, -0.2) is 34.8 Å². The summed E-state index contributed by atoms with van der Waals surface area (Å²) < 4.78 is 6.10. The highest BCUT2D eigenvalue weighted by Gasteiger charge is 2.46. The molecule has 1 aliphatic carbocycles. The van der Waals surface area contributed by atoms with E-state index in [0.29, 0.717) is 0 Å². The molecule has 19 heavy (non-hydrogen) atoms. The minimum absolute atomic E-state index is 0.0246. The van der Waals surface area contributed by atoms with E-state index in [1.807, 2.05) is 0 Å². The zero-order valence-electron chi connectivity index (χ0n) is 12.1. The lowest BCUT2D eigenvalue weighted by Gasteiger charge is -2.27. The summed E-state index contributed by atoms with van der Waals surface area (Å²) in [5.74, 6) is 1.06. The highest BCUT2D eigenvalue weighted by molar-refractivity contribution is 5.45.